The molecular formula is C19H17F3N8O2. The first kappa shape index (κ1) is 22.3. The van der Waals surface area contributed by atoms with E-state index in [0.29, 0.717) is 18.4 Å². The predicted octanol–water partition coefficient (Wildman–Crippen LogP) is 3.32. The number of benzene rings is 2. The van der Waals surface area contributed by atoms with Crippen LogP contribution in [0.3, 0.4) is 0 Å². The van der Waals surface area contributed by atoms with E-state index in [0.717, 1.165) is 22.3 Å². The molecule has 0 saturated carbocycles. The first-order valence-electron chi connectivity index (χ1n) is 9.00. The number of H-pyrrole nitrogens is 1. The molecule has 4 rings (SSSR count). The van der Waals surface area contributed by atoms with Crippen molar-refractivity contribution in [3.8, 4) is 0 Å². The van der Waals surface area contributed by atoms with Gasteiger partial charge in [0.1, 0.15) is 0 Å². The highest BCUT2D eigenvalue weighted by atomic mass is 19.4. The van der Waals surface area contributed by atoms with Crippen molar-refractivity contribution in [3.05, 3.63) is 60.4 Å². The summed E-state index contributed by atoms with van der Waals surface area (Å²) >= 11 is 0. The van der Waals surface area contributed by atoms with Gasteiger partial charge in [-0.05, 0) is 29.8 Å². The number of nitrogens with zero attached hydrogens (tertiary/aromatic N) is 4. The number of carboxylic acids is 1. The number of para-hydroxylation sites is 1. The number of rotatable bonds is 5. The SMILES string of the molecule is Nc1nc(NCc2ccc3nc[nH]c3c2)nc(Nc2ccccc2)n1.O=C(O)C(F)(F)F. The predicted molar refractivity (Wildman–Crippen MR) is 111 cm³/mol. The maximum atomic E-state index is 10.6. The second-order valence-electron chi connectivity index (χ2n) is 6.24. The van der Waals surface area contributed by atoms with Crippen LogP contribution in [0.2, 0.25) is 0 Å². The number of nitrogen functional groups attached to an aromatic ring is 1. The average Bonchev–Trinajstić information content (AvgIpc) is 3.20. The second kappa shape index (κ2) is 9.59. The highest BCUT2D eigenvalue weighted by Gasteiger charge is 2.38. The zero-order chi connectivity index (χ0) is 23.1. The number of aromatic nitrogens is 5. The number of nitrogens with two attached hydrogens (primary N) is 1. The van der Waals surface area contributed by atoms with Crippen LogP contribution in [-0.2, 0) is 11.3 Å². The van der Waals surface area contributed by atoms with Crippen LogP contribution in [0.15, 0.2) is 54.9 Å². The Hall–Kier alpha value is -4.42. The summed E-state index contributed by atoms with van der Waals surface area (Å²) in [6.45, 7) is 0.559. The Labute approximate surface area is 178 Å². The van der Waals surface area contributed by atoms with Gasteiger partial charge in [-0.3, -0.25) is 0 Å². The van der Waals surface area contributed by atoms with Crippen LogP contribution in [0.1, 0.15) is 5.56 Å². The maximum Gasteiger partial charge on any atom is 0.490 e. The Morgan fingerprint density at radius 3 is 2.44 bits per heavy atom. The van der Waals surface area contributed by atoms with E-state index in [1.54, 1.807) is 6.33 Å². The zero-order valence-corrected chi connectivity index (χ0v) is 16.3. The molecule has 0 bridgehead atoms. The van der Waals surface area contributed by atoms with Crippen molar-refractivity contribution in [2.45, 2.75) is 12.7 Å². The molecule has 2 heterocycles. The number of imidazole rings is 1. The van der Waals surface area contributed by atoms with E-state index in [9.17, 15) is 13.2 Å². The van der Waals surface area contributed by atoms with Crippen LogP contribution >= 0.6 is 0 Å². The Morgan fingerprint density at radius 1 is 1.06 bits per heavy atom. The molecule has 0 saturated heterocycles. The molecule has 13 heteroatoms. The summed E-state index contributed by atoms with van der Waals surface area (Å²) in [5.74, 6) is -1.80. The number of halogens is 3. The van der Waals surface area contributed by atoms with Gasteiger partial charge in [0.25, 0.3) is 0 Å². The fourth-order valence-corrected chi connectivity index (χ4v) is 2.45. The molecule has 0 aliphatic heterocycles. The summed E-state index contributed by atoms with van der Waals surface area (Å²) in [6.07, 6.45) is -3.41. The maximum absolute atomic E-state index is 10.6. The topological polar surface area (TPSA) is 155 Å². The fourth-order valence-electron chi connectivity index (χ4n) is 2.45. The molecule has 2 aromatic carbocycles. The lowest BCUT2D eigenvalue weighted by molar-refractivity contribution is -0.192. The third-order valence-electron chi connectivity index (χ3n) is 3.86. The third kappa shape index (κ3) is 6.29. The molecule has 0 aliphatic carbocycles. The van der Waals surface area contributed by atoms with E-state index in [1.165, 1.54) is 0 Å². The Kier molecular flexibility index (Phi) is 6.68. The number of anilines is 4. The molecule has 166 valence electrons. The van der Waals surface area contributed by atoms with Crippen molar-refractivity contribution in [2.75, 3.05) is 16.4 Å². The summed E-state index contributed by atoms with van der Waals surface area (Å²) in [4.78, 5) is 28.8. The molecule has 10 nitrogen and oxygen atoms in total. The summed E-state index contributed by atoms with van der Waals surface area (Å²) in [5.41, 5.74) is 9.66. The lowest BCUT2D eigenvalue weighted by Crippen LogP contribution is -2.21. The van der Waals surface area contributed by atoms with E-state index < -0.39 is 12.1 Å². The zero-order valence-electron chi connectivity index (χ0n) is 16.3. The lowest BCUT2D eigenvalue weighted by atomic mass is 10.2. The highest BCUT2D eigenvalue weighted by molar-refractivity contribution is 5.75. The van der Waals surface area contributed by atoms with E-state index in [-0.39, 0.29) is 5.95 Å². The van der Waals surface area contributed by atoms with Crippen LogP contribution in [0.5, 0.6) is 0 Å². The van der Waals surface area contributed by atoms with Crippen molar-refractivity contribution in [2.24, 2.45) is 0 Å². The standard InChI is InChI=1S/C17H16N8.C2HF3O2/c18-15-23-16(25-17(24-15)22-12-4-2-1-3-5-12)19-9-11-6-7-13-14(8-11)21-10-20-13;3-2(4,5)1(6)7/h1-8,10H,9H2,(H,20,21)(H4,18,19,22,23,24,25);(H,6,7). The van der Waals surface area contributed by atoms with Crippen molar-refractivity contribution in [3.63, 3.8) is 0 Å². The molecule has 6 N–H and O–H groups in total. The van der Waals surface area contributed by atoms with Gasteiger partial charge < -0.3 is 26.5 Å². The van der Waals surface area contributed by atoms with Crippen LogP contribution in [0, 0.1) is 0 Å². The molecule has 0 fully saturated rings. The summed E-state index contributed by atoms with van der Waals surface area (Å²) in [6, 6.07) is 15.6. The molecule has 0 unspecified atom stereocenters. The van der Waals surface area contributed by atoms with E-state index in [4.69, 9.17) is 15.6 Å². The summed E-state index contributed by atoms with van der Waals surface area (Å²) < 4.78 is 31.7. The number of hydrogen-bond donors (Lipinski definition) is 5. The first-order valence-corrected chi connectivity index (χ1v) is 9.00. The number of hydrogen-bond acceptors (Lipinski definition) is 8. The van der Waals surface area contributed by atoms with Gasteiger partial charge in [0, 0.05) is 12.2 Å². The minimum absolute atomic E-state index is 0.153. The molecule has 2 aromatic heterocycles. The van der Waals surface area contributed by atoms with Gasteiger partial charge in [-0.25, -0.2) is 9.78 Å². The minimum Gasteiger partial charge on any atom is -0.475 e. The monoisotopic (exact) mass is 446 g/mol. The van der Waals surface area contributed by atoms with Crippen molar-refractivity contribution < 1.29 is 23.1 Å². The van der Waals surface area contributed by atoms with Crippen LogP contribution in [0.25, 0.3) is 11.0 Å². The largest absolute Gasteiger partial charge is 0.490 e. The van der Waals surface area contributed by atoms with Crippen molar-refractivity contribution in [1.82, 2.24) is 24.9 Å². The Bertz CT molecular complexity index is 1200. The summed E-state index contributed by atoms with van der Waals surface area (Å²) in [5, 5.41) is 13.4. The van der Waals surface area contributed by atoms with Gasteiger partial charge in [0.2, 0.25) is 17.8 Å². The third-order valence-corrected chi connectivity index (χ3v) is 3.86. The van der Waals surface area contributed by atoms with Gasteiger partial charge >= 0.3 is 12.1 Å². The van der Waals surface area contributed by atoms with Gasteiger partial charge in [-0.15, -0.1) is 0 Å². The number of alkyl halides is 3. The highest BCUT2D eigenvalue weighted by Crippen LogP contribution is 2.16. The lowest BCUT2D eigenvalue weighted by Gasteiger charge is -2.09. The molecule has 0 amide bonds. The number of aromatic amines is 1. The van der Waals surface area contributed by atoms with Gasteiger partial charge in [-0.1, -0.05) is 24.3 Å². The average molecular weight is 446 g/mol. The molecule has 4 aromatic rings. The number of aliphatic carboxylic acids is 1. The van der Waals surface area contributed by atoms with E-state index in [2.05, 4.69) is 35.6 Å². The molecule has 0 atom stereocenters. The molecule has 0 aliphatic rings. The van der Waals surface area contributed by atoms with Crippen molar-refractivity contribution in [1.29, 1.82) is 0 Å². The van der Waals surface area contributed by atoms with Crippen LogP contribution in [-0.4, -0.2) is 42.2 Å². The number of carboxylic acid groups (broad SMARTS) is 1. The molecule has 0 radical (unpaired) electrons. The quantitative estimate of drug-likeness (QED) is 0.310. The summed E-state index contributed by atoms with van der Waals surface area (Å²) in [7, 11) is 0. The number of carbonyl (C=O) groups is 1. The van der Waals surface area contributed by atoms with Gasteiger partial charge in [0.05, 0.1) is 17.4 Å². The smallest absolute Gasteiger partial charge is 0.475 e. The minimum atomic E-state index is -5.08. The molecular weight excluding hydrogens is 429 g/mol. The molecule has 32 heavy (non-hydrogen) atoms. The Balaban J connectivity index is 0.000000360. The normalized spacial score (nSPS) is 10.8. The number of nitrogens with one attached hydrogen (secondary N) is 3. The van der Waals surface area contributed by atoms with Gasteiger partial charge in [-0.2, -0.15) is 28.1 Å². The van der Waals surface area contributed by atoms with Crippen LogP contribution in [0.4, 0.5) is 36.7 Å². The Morgan fingerprint density at radius 2 is 1.75 bits per heavy atom. The van der Waals surface area contributed by atoms with Crippen molar-refractivity contribution >= 4 is 40.5 Å². The van der Waals surface area contributed by atoms with E-state index >= 15 is 0 Å². The van der Waals surface area contributed by atoms with Gasteiger partial charge in [0.15, 0.2) is 0 Å². The van der Waals surface area contributed by atoms with E-state index in [1.807, 2.05) is 48.5 Å². The second-order valence-corrected chi connectivity index (χ2v) is 6.24. The first-order chi connectivity index (χ1) is 15.2. The number of fused-ring (bicyclic) bond motifs is 1. The fraction of sp³-hybridized carbons (Fsp3) is 0.105. The van der Waals surface area contributed by atoms with Crippen LogP contribution < -0.4 is 16.4 Å². The molecule has 0 spiro atoms.